The topological polar surface area (TPSA) is 49.6 Å². The number of piperazine rings is 1. The first-order valence-electron chi connectivity index (χ1n) is 5.74. The Hall–Kier alpha value is -1.30. The summed E-state index contributed by atoms with van der Waals surface area (Å²) in [5.41, 5.74) is 6.54. The molecule has 1 aliphatic rings. The van der Waals surface area contributed by atoms with Crippen LogP contribution in [0.4, 0.5) is 15.8 Å². The number of carbonyl (C=O) groups excluding carboxylic acids is 1. The van der Waals surface area contributed by atoms with E-state index in [9.17, 15) is 9.18 Å². The molecule has 0 saturated carbocycles. The molecule has 0 atom stereocenters. The Morgan fingerprint density at radius 2 is 1.94 bits per heavy atom. The lowest BCUT2D eigenvalue weighted by atomic mass is 10.2. The van der Waals surface area contributed by atoms with E-state index >= 15 is 0 Å². The predicted octanol–water partition coefficient (Wildman–Crippen LogP) is 1.84. The van der Waals surface area contributed by atoms with Crippen LogP contribution in [-0.2, 0) is 4.79 Å². The monoisotopic (exact) mass is 315 g/mol. The van der Waals surface area contributed by atoms with Gasteiger partial charge in [0.2, 0.25) is 5.91 Å². The van der Waals surface area contributed by atoms with Gasteiger partial charge >= 0.3 is 0 Å². The molecule has 0 aromatic heterocycles. The van der Waals surface area contributed by atoms with Crippen molar-refractivity contribution in [3.8, 4) is 0 Å². The van der Waals surface area contributed by atoms with Crippen molar-refractivity contribution < 1.29 is 9.18 Å². The first-order chi connectivity index (χ1) is 8.49. The summed E-state index contributed by atoms with van der Waals surface area (Å²) in [5.74, 6) is -0.263. The van der Waals surface area contributed by atoms with E-state index < -0.39 is 0 Å². The molecule has 1 saturated heterocycles. The van der Waals surface area contributed by atoms with Gasteiger partial charge < -0.3 is 15.5 Å². The maximum atomic E-state index is 13.8. The molecular weight excluding hydrogens is 301 g/mol. The van der Waals surface area contributed by atoms with E-state index in [2.05, 4.69) is 15.9 Å². The van der Waals surface area contributed by atoms with Crippen molar-refractivity contribution in [3.05, 3.63) is 22.4 Å². The van der Waals surface area contributed by atoms with Crippen LogP contribution in [0.1, 0.15) is 6.92 Å². The van der Waals surface area contributed by atoms with Crippen LogP contribution < -0.4 is 10.6 Å². The number of benzene rings is 1. The predicted molar refractivity (Wildman–Crippen MR) is 73.0 cm³/mol. The number of halogens is 2. The zero-order chi connectivity index (χ0) is 13.3. The van der Waals surface area contributed by atoms with Crippen LogP contribution in [-0.4, -0.2) is 37.0 Å². The number of amides is 1. The summed E-state index contributed by atoms with van der Waals surface area (Å²) >= 11 is 3.30. The molecule has 18 heavy (non-hydrogen) atoms. The molecule has 2 rings (SSSR count). The van der Waals surface area contributed by atoms with Crippen LogP contribution in [0.25, 0.3) is 0 Å². The lowest BCUT2D eigenvalue weighted by molar-refractivity contribution is -0.129. The quantitative estimate of drug-likeness (QED) is 0.804. The minimum absolute atomic E-state index is 0.0635. The number of nitrogen functional groups attached to an aromatic ring is 1. The third-order valence-electron chi connectivity index (χ3n) is 3.13. The second-order valence-corrected chi connectivity index (χ2v) is 5.17. The van der Waals surface area contributed by atoms with Crippen molar-refractivity contribution in [2.45, 2.75) is 6.92 Å². The summed E-state index contributed by atoms with van der Waals surface area (Å²) in [6, 6.07) is 3.00. The Balaban J connectivity index is 2.15. The number of nitrogens with two attached hydrogens (primary N) is 1. The maximum Gasteiger partial charge on any atom is 0.219 e. The Bertz CT molecular complexity index is 473. The molecule has 1 amide bonds. The summed E-state index contributed by atoms with van der Waals surface area (Å²) in [5, 5.41) is 0. The Labute approximate surface area is 114 Å². The molecule has 0 bridgehead atoms. The fraction of sp³-hybridized carbons (Fsp3) is 0.417. The third-order valence-corrected chi connectivity index (χ3v) is 3.82. The molecule has 4 nitrogen and oxygen atoms in total. The van der Waals surface area contributed by atoms with Crippen LogP contribution in [0.2, 0.25) is 0 Å². The van der Waals surface area contributed by atoms with Gasteiger partial charge in [0.1, 0.15) is 5.82 Å². The van der Waals surface area contributed by atoms with Gasteiger partial charge in [0.05, 0.1) is 5.69 Å². The van der Waals surface area contributed by atoms with Crippen molar-refractivity contribution >= 4 is 33.2 Å². The normalized spacial score (nSPS) is 15.9. The van der Waals surface area contributed by atoms with E-state index in [0.717, 1.165) is 0 Å². The lowest BCUT2D eigenvalue weighted by Gasteiger charge is -2.35. The highest BCUT2D eigenvalue weighted by atomic mass is 79.9. The van der Waals surface area contributed by atoms with Crippen molar-refractivity contribution in [2.75, 3.05) is 36.8 Å². The van der Waals surface area contributed by atoms with Crippen LogP contribution in [0.3, 0.4) is 0 Å². The summed E-state index contributed by atoms with van der Waals surface area (Å²) in [6.45, 7) is 4.06. The third kappa shape index (κ3) is 2.58. The molecule has 0 spiro atoms. The number of hydrogen-bond donors (Lipinski definition) is 1. The van der Waals surface area contributed by atoms with E-state index in [1.807, 2.05) is 4.90 Å². The molecule has 6 heteroatoms. The zero-order valence-electron chi connectivity index (χ0n) is 10.1. The molecule has 0 unspecified atom stereocenters. The van der Waals surface area contributed by atoms with E-state index in [-0.39, 0.29) is 11.7 Å². The Morgan fingerprint density at radius 1 is 1.33 bits per heavy atom. The molecule has 1 heterocycles. The molecule has 0 radical (unpaired) electrons. The average Bonchev–Trinajstić information content (AvgIpc) is 2.34. The lowest BCUT2D eigenvalue weighted by Crippen LogP contribution is -2.48. The van der Waals surface area contributed by atoms with Crippen LogP contribution >= 0.6 is 15.9 Å². The standard InChI is InChI=1S/C12H15BrFN3O/c1-8(18)16-2-4-17(5-3-16)12-6-9(13)11(15)7-10(12)14/h6-7H,2-5,15H2,1H3. The number of carbonyl (C=O) groups is 1. The second kappa shape index (κ2) is 5.14. The van der Waals surface area contributed by atoms with Gasteiger partial charge in [0.15, 0.2) is 0 Å². The van der Waals surface area contributed by atoms with Crippen LogP contribution in [0.5, 0.6) is 0 Å². The van der Waals surface area contributed by atoms with Gasteiger partial charge in [-0.15, -0.1) is 0 Å². The average molecular weight is 316 g/mol. The van der Waals surface area contributed by atoms with E-state index in [0.29, 0.717) is 42.0 Å². The number of hydrogen-bond acceptors (Lipinski definition) is 3. The molecule has 98 valence electrons. The summed E-state index contributed by atoms with van der Waals surface area (Å²) in [7, 11) is 0. The van der Waals surface area contributed by atoms with Gasteiger partial charge in [-0.25, -0.2) is 4.39 Å². The van der Waals surface area contributed by atoms with E-state index in [4.69, 9.17) is 5.73 Å². The van der Waals surface area contributed by atoms with Crippen LogP contribution in [0, 0.1) is 5.82 Å². The molecule has 1 aromatic rings. The molecule has 1 aliphatic heterocycles. The van der Waals surface area contributed by atoms with Crippen molar-refractivity contribution in [1.29, 1.82) is 0 Å². The zero-order valence-corrected chi connectivity index (χ0v) is 11.7. The van der Waals surface area contributed by atoms with Crippen molar-refractivity contribution in [3.63, 3.8) is 0 Å². The Kier molecular flexibility index (Phi) is 3.75. The second-order valence-electron chi connectivity index (χ2n) is 4.32. The van der Waals surface area contributed by atoms with Crippen molar-refractivity contribution in [1.82, 2.24) is 4.90 Å². The molecule has 1 fully saturated rings. The molecule has 0 aliphatic carbocycles. The number of anilines is 2. The minimum Gasteiger partial charge on any atom is -0.398 e. The molecule has 2 N–H and O–H groups in total. The van der Waals surface area contributed by atoms with E-state index in [1.54, 1.807) is 17.9 Å². The minimum atomic E-state index is -0.327. The van der Waals surface area contributed by atoms with Gasteiger partial charge in [-0.1, -0.05) is 0 Å². The number of rotatable bonds is 1. The van der Waals surface area contributed by atoms with Gasteiger partial charge in [0, 0.05) is 49.3 Å². The first-order valence-corrected chi connectivity index (χ1v) is 6.53. The van der Waals surface area contributed by atoms with Gasteiger partial charge in [-0.05, 0) is 22.0 Å². The fourth-order valence-corrected chi connectivity index (χ4v) is 2.39. The molecule has 1 aromatic carbocycles. The highest BCUT2D eigenvalue weighted by Crippen LogP contribution is 2.29. The van der Waals surface area contributed by atoms with Crippen molar-refractivity contribution in [2.24, 2.45) is 0 Å². The van der Waals surface area contributed by atoms with Gasteiger partial charge in [-0.2, -0.15) is 0 Å². The van der Waals surface area contributed by atoms with E-state index in [1.165, 1.54) is 6.07 Å². The summed E-state index contributed by atoms with van der Waals surface area (Å²) < 4.78 is 14.5. The SMILES string of the molecule is CC(=O)N1CCN(c2cc(Br)c(N)cc2F)CC1. The fourth-order valence-electron chi connectivity index (χ4n) is 2.06. The van der Waals surface area contributed by atoms with Gasteiger partial charge in [0.25, 0.3) is 0 Å². The molecular formula is C12H15BrFN3O. The highest BCUT2D eigenvalue weighted by Gasteiger charge is 2.21. The largest absolute Gasteiger partial charge is 0.398 e. The summed E-state index contributed by atoms with van der Waals surface area (Å²) in [6.07, 6.45) is 0. The summed E-state index contributed by atoms with van der Waals surface area (Å²) in [4.78, 5) is 14.9. The van der Waals surface area contributed by atoms with Gasteiger partial charge in [-0.3, -0.25) is 4.79 Å². The maximum absolute atomic E-state index is 13.8. The Morgan fingerprint density at radius 3 is 2.50 bits per heavy atom. The number of nitrogens with zero attached hydrogens (tertiary/aromatic N) is 2. The first kappa shape index (κ1) is 13.1. The smallest absolute Gasteiger partial charge is 0.219 e. The highest BCUT2D eigenvalue weighted by molar-refractivity contribution is 9.10. The van der Waals surface area contributed by atoms with Crippen LogP contribution in [0.15, 0.2) is 16.6 Å².